The van der Waals surface area contributed by atoms with E-state index < -0.39 is 16.1 Å². The van der Waals surface area contributed by atoms with E-state index in [1.165, 1.54) is 12.1 Å². The molecule has 0 saturated carbocycles. The van der Waals surface area contributed by atoms with Gasteiger partial charge in [-0.25, -0.2) is 13.1 Å². The molecule has 1 unspecified atom stereocenters. The molecule has 0 radical (unpaired) electrons. The largest absolute Gasteiger partial charge is 0.497 e. The molecule has 202 valence electrons. The van der Waals surface area contributed by atoms with Crippen LogP contribution in [0, 0.1) is 0 Å². The third-order valence-electron chi connectivity index (χ3n) is 6.23. The minimum atomic E-state index is -3.54. The van der Waals surface area contributed by atoms with Gasteiger partial charge in [0.25, 0.3) is 0 Å². The maximum absolute atomic E-state index is 13.6. The second-order valence-electron chi connectivity index (χ2n) is 8.83. The van der Waals surface area contributed by atoms with Crippen molar-refractivity contribution in [3.63, 3.8) is 0 Å². The van der Waals surface area contributed by atoms with Crippen LogP contribution in [0.2, 0.25) is 0 Å². The van der Waals surface area contributed by atoms with Crippen LogP contribution < -0.4 is 14.8 Å². The molecule has 9 heteroatoms. The number of carbonyl (C=O) groups is 2. The van der Waals surface area contributed by atoms with Crippen LogP contribution in [0.3, 0.4) is 0 Å². The topological polar surface area (TPSA) is 105 Å². The van der Waals surface area contributed by atoms with Gasteiger partial charge in [0.2, 0.25) is 21.8 Å². The van der Waals surface area contributed by atoms with E-state index in [2.05, 4.69) is 10.0 Å². The Balaban J connectivity index is 1.83. The summed E-state index contributed by atoms with van der Waals surface area (Å²) in [6, 6.07) is 22.8. The lowest BCUT2D eigenvalue weighted by Gasteiger charge is -2.31. The number of sulfonamides is 1. The predicted octanol–water partition coefficient (Wildman–Crippen LogP) is 3.31. The monoisotopic (exact) mass is 537 g/mol. The summed E-state index contributed by atoms with van der Waals surface area (Å²) >= 11 is 0. The molecule has 8 nitrogen and oxygen atoms in total. The Morgan fingerprint density at radius 2 is 1.53 bits per heavy atom. The molecule has 0 aromatic heterocycles. The zero-order chi connectivity index (χ0) is 27.5. The van der Waals surface area contributed by atoms with Crippen molar-refractivity contribution in [3.05, 3.63) is 95.6 Å². The van der Waals surface area contributed by atoms with Gasteiger partial charge in [0.05, 0.1) is 12.0 Å². The Hall–Kier alpha value is -3.69. The lowest BCUT2D eigenvalue weighted by Crippen LogP contribution is -2.49. The second-order valence-corrected chi connectivity index (χ2v) is 10.6. The molecule has 2 N–H and O–H groups in total. The number of nitrogens with one attached hydrogen (secondary N) is 2. The van der Waals surface area contributed by atoms with E-state index in [-0.39, 0.29) is 29.7 Å². The van der Waals surface area contributed by atoms with E-state index in [9.17, 15) is 18.0 Å². The third-order valence-corrected chi connectivity index (χ3v) is 7.79. The molecule has 0 heterocycles. The number of likely N-dealkylation sites (N-methyl/N-ethyl adjacent to an activating group) is 1. The van der Waals surface area contributed by atoms with Gasteiger partial charge in [0.1, 0.15) is 11.8 Å². The number of aryl methyl sites for hydroxylation is 1. The summed E-state index contributed by atoms with van der Waals surface area (Å²) < 4.78 is 32.1. The Morgan fingerprint density at radius 3 is 2.11 bits per heavy atom. The van der Waals surface area contributed by atoms with Gasteiger partial charge in [-0.05, 0) is 47.4 Å². The van der Waals surface area contributed by atoms with Crippen molar-refractivity contribution in [3.8, 4) is 5.75 Å². The molecule has 38 heavy (non-hydrogen) atoms. The lowest BCUT2D eigenvalue weighted by molar-refractivity contribution is -0.141. The smallest absolute Gasteiger partial charge is 0.242 e. The molecule has 1 atom stereocenters. The lowest BCUT2D eigenvalue weighted by atomic mass is 10.0. The molecule has 0 bridgehead atoms. The van der Waals surface area contributed by atoms with Crippen LogP contribution in [0.4, 0.5) is 0 Å². The number of rotatable bonds is 13. The van der Waals surface area contributed by atoms with E-state index >= 15 is 0 Å². The standard InChI is InChI=1S/C29H35N3O5S/c1-4-31-38(35,36)26-17-12-22(13-18-26)14-19-28(33)32(21-24-10-15-25(37-3)16-11-24)27(29(34)30-2)20-23-8-6-5-7-9-23/h5-13,15-18,27,31H,4,14,19-21H2,1-3H3,(H,30,34). The van der Waals surface area contributed by atoms with Gasteiger partial charge in [-0.15, -0.1) is 0 Å². The number of methoxy groups -OCH3 is 1. The molecule has 0 aliphatic heterocycles. The first kappa shape index (κ1) is 28.9. The number of nitrogens with zero attached hydrogens (tertiary/aromatic N) is 1. The van der Waals surface area contributed by atoms with Crippen LogP contribution in [-0.4, -0.2) is 51.9 Å². The predicted molar refractivity (Wildman–Crippen MR) is 147 cm³/mol. The summed E-state index contributed by atoms with van der Waals surface area (Å²) in [6.45, 7) is 2.28. The molecule has 0 spiro atoms. The quantitative estimate of drug-likeness (QED) is 0.348. The van der Waals surface area contributed by atoms with Crippen molar-refractivity contribution in [1.29, 1.82) is 0 Å². The molecule has 2 amide bonds. The Labute approximate surface area is 225 Å². The fourth-order valence-electron chi connectivity index (χ4n) is 4.15. The van der Waals surface area contributed by atoms with Crippen LogP contribution in [0.25, 0.3) is 0 Å². The van der Waals surface area contributed by atoms with Gasteiger partial charge in [-0.1, -0.05) is 61.5 Å². The molecule has 3 aromatic rings. The molecular weight excluding hydrogens is 502 g/mol. The zero-order valence-electron chi connectivity index (χ0n) is 22.0. The number of amides is 2. The van der Waals surface area contributed by atoms with Gasteiger partial charge < -0.3 is 15.0 Å². The molecule has 0 aliphatic rings. The highest BCUT2D eigenvalue weighted by molar-refractivity contribution is 7.89. The van der Waals surface area contributed by atoms with E-state index in [1.54, 1.807) is 38.1 Å². The fraction of sp³-hybridized carbons (Fsp3) is 0.310. The van der Waals surface area contributed by atoms with Crippen molar-refractivity contribution in [2.24, 2.45) is 0 Å². The highest BCUT2D eigenvalue weighted by atomic mass is 32.2. The summed E-state index contributed by atoms with van der Waals surface area (Å²) in [6.07, 6.45) is 0.947. The normalized spacial score (nSPS) is 12.0. The van der Waals surface area contributed by atoms with Crippen LogP contribution >= 0.6 is 0 Å². The van der Waals surface area contributed by atoms with Crippen molar-refractivity contribution in [2.75, 3.05) is 20.7 Å². The van der Waals surface area contributed by atoms with Gasteiger partial charge in [0.15, 0.2) is 0 Å². The average molecular weight is 538 g/mol. The van der Waals surface area contributed by atoms with Crippen molar-refractivity contribution in [2.45, 2.75) is 43.7 Å². The Morgan fingerprint density at radius 1 is 0.895 bits per heavy atom. The summed E-state index contributed by atoms with van der Waals surface area (Å²) in [4.78, 5) is 28.4. The first-order valence-electron chi connectivity index (χ1n) is 12.5. The minimum absolute atomic E-state index is 0.164. The molecule has 0 aliphatic carbocycles. The van der Waals surface area contributed by atoms with E-state index in [4.69, 9.17) is 4.74 Å². The summed E-state index contributed by atoms with van der Waals surface area (Å²) in [5, 5.41) is 2.71. The number of hydrogen-bond acceptors (Lipinski definition) is 5. The Kier molecular flexibility index (Phi) is 10.4. The van der Waals surface area contributed by atoms with Gasteiger partial charge in [-0.3, -0.25) is 9.59 Å². The molecule has 3 rings (SSSR count). The van der Waals surface area contributed by atoms with E-state index in [1.807, 2.05) is 54.6 Å². The van der Waals surface area contributed by atoms with Crippen LogP contribution in [0.15, 0.2) is 83.8 Å². The van der Waals surface area contributed by atoms with Gasteiger partial charge in [0, 0.05) is 33.0 Å². The molecule has 0 fully saturated rings. The summed E-state index contributed by atoms with van der Waals surface area (Å²) in [5.41, 5.74) is 2.66. The third kappa shape index (κ3) is 7.90. The first-order chi connectivity index (χ1) is 18.3. The van der Waals surface area contributed by atoms with Crippen molar-refractivity contribution >= 4 is 21.8 Å². The fourth-order valence-corrected chi connectivity index (χ4v) is 5.19. The molecule has 0 saturated heterocycles. The number of hydrogen-bond donors (Lipinski definition) is 2. The minimum Gasteiger partial charge on any atom is -0.497 e. The zero-order valence-corrected chi connectivity index (χ0v) is 22.8. The maximum Gasteiger partial charge on any atom is 0.242 e. The van der Waals surface area contributed by atoms with Crippen LogP contribution in [0.5, 0.6) is 5.75 Å². The highest BCUT2D eigenvalue weighted by Gasteiger charge is 2.29. The van der Waals surface area contributed by atoms with Crippen molar-refractivity contribution in [1.82, 2.24) is 14.9 Å². The van der Waals surface area contributed by atoms with Crippen LogP contribution in [0.1, 0.15) is 30.0 Å². The van der Waals surface area contributed by atoms with E-state index in [0.717, 1.165) is 16.7 Å². The number of ether oxygens (including phenoxy) is 1. The van der Waals surface area contributed by atoms with Gasteiger partial charge >= 0.3 is 0 Å². The number of benzene rings is 3. The maximum atomic E-state index is 13.6. The van der Waals surface area contributed by atoms with Crippen molar-refractivity contribution < 1.29 is 22.7 Å². The SMILES string of the molecule is CCNS(=O)(=O)c1ccc(CCC(=O)N(Cc2ccc(OC)cc2)C(Cc2ccccc2)C(=O)NC)cc1. The van der Waals surface area contributed by atoms with Gasteiger partial charge in [-0.2, -0.15) is 0 Å². The average Bonchev–Trinajstić information content (AvgIpc) is 2.94. The van der Waals surface area contributed by atoms with E-state index in [0.29, 0.717) is 25.1 Å². The first-order valence-corrected chi connectivity index (χ1v) is 14.0. The second kappa shape index (κ2) is 13.7. The molecular formula is C29H35N3O5S. The number of carbonyl (C=O) groups excluding carboxylic acids is 2. The summed E-state index contributed by atoms with van der Waals surface area (Å²) in [5.74, 6) is 0.293. The highest BCUT2D eigenvalue weighted by Crippen LogP contribution is 2.19. The van der Waals surface area contributed by atoms with Crippen LogP contribution in [-0.2, 0) is 39.0 Å². The summed E-state index contributed by atoms with van der Waals surface area (Å²) in [7, 11) is -0.383. The Bertz CT molecular complexity index is 1290. The molecule has 3 aromatic carbocycles.